The first kappa shape index (κ1) is 94.4. The Morgan fingerprint density at radius 1 is 0.278 bits per heavy atom. The van der Waals surface area contributed by atoms with E-state index >= 15 is 0 Å². The minimum atomic E-state index is -0.0275. The molecule has 0 amide bonds. The van der Waals surface area contributed by atoms with E-state index in [4.69, 9.17) is 23.2 Å². The third-order valence-electron chi connectivity index (χ3n) is 21.2. The van der Waals surface area contributed by atoms with E-state index < -0.39 is 0 Å². The van der Waals surface area contributed by atoms with Crippen LogP contribution in [-0.2, 0) is 67.0 Å². The Bertz CT molecular complexity index is 3280. The molecule has 3 fully saturated rings. The van der Waals surface area contributed by atoms with E-state index in [0.717, 1.165) is 95.1 Å². The SMILES string of the molecule is CC(C)(C)c1cc(Br)c(O)c(CSC2CCCCCC[C@@H]2SCc2cc(C(C)(C)C)cc(Br)c2O)c1.CC(C)(C)c1cc(Cl)c(O)c(CSC2CCCCCC[C@@H]2SCc2cc(C(C)(C)C)cc(Cl)c2O)c1.CC(C)(C)c1cc(I)c(O)c(CSC2CCCCCC[C@@H]2SCc2cc(C(C)(C)C)cc(I)c2O)c1. The number of benzene rings is 6. The van der Waals surface area contributed by atoms with Gasteiger partial charge in [0, 0.05) is 99.4 Å². The Morgan fingerprint density at radius 2 is 0.454 bits per heavy atom. The first-order chi connectivity index (χ1) is 50.3. The lowest BCUT2D eigenvalue weighted by molar-refractivity contribution is 0.464. The number of hydrogen-bond acceptors (Lipinski definition) is 12. The van der Waals surface area contributed by atoms with Crippen molar-refractivity contribution < 1.29 is 30.6 Å². The Kier molecular flexibility index (Phi) is 36.7. The molecule has 6 N–H and O–H groups in total. The second-order valence-corrected chi connectivity index (χ2v) is 48.6. The second kappa shape index (κ2) is 42.1. The lowest BCUT2D eigenvalue weighted by Crippen LogP contribution is -2.22. The predicted octanol–water partition coefficient (Wildman–Crippen LogP) is 30.9. The number of phenolic OH excluding ortho intramolecular Hbond substituents is 6. The first-order valence-electron chi connectivity index (χ1n) is 39.1. The summed E-state index contributed by atoms with van der Waals surface area (Å²) in [5.41, 5.74) is 13.5. The molecule has 600 valence electrons. The predicted molar refractivity (Wildman–Crippen MR) is 505 cm³/mol. The van der Waals surface area contributed by atoms with Crippen LogP contribution >= 0.6 is 171 Å². The molecule has 3 aliphatic carbocycles. The lowest BCUT2D eigenvalue weighted by Gasteiger charge is -2.29. The van der Waals surface area contributed by atoms with E-state index in [0.29, 0.717) is 64.5 Å². The summed E-state index contributed by atoms with van der Waals surface area (Å²) in [4.78, 5) is 0. The molecule has 0 spiro atoms. The van der Waals surface area contributed by atoms with Gasteiger partial charge in [-0.05, 0) is 218 Å². The molecule has 0 radical (unpaired) electrons. The van der Waals surface area contributed by atoms with Crippen LogP contribution in [0.15, 0.2) is 81.7 Å². The van der Waals surface area contributed by atoms with Crippen molar-refractivity contribution in [1.29, 1.82) is 0 Å². The van der Waals surface area contributed by atoms with Crippen LogP contribution in [-0.4, -0.2) is 62.1 Å². The van der Waals surface area contributed by atoms with Gasteiger partial charge in [-0.15, -0.1) is 0 Å². The number of rotatable bonds is 18. The van der Waals surface area contributed by atoms with E-state index in [-0.39, 0.29) is 44.0 Å². The highest BCUT2D eigenvalue weighted by Crippen LogP contribution is 2.48. The quantitative estimate of drug-likeness (QED) is 0.0460. The van der Waals surface area contributed by atoms with Crippen LogP contribution in [0.4, 0.5) is 0 Å². The van der Waals surface area contributed by atoms with Gasteiger partial charge in [0.2, 0.25) is 0 Å². The van der Waals surface area contributed by atoms with Crippen molar-refractivity contribution in [1.82, 2.24) is 0 Å². The summed E-state index contributed by atoms with van der Waals surface area (Å²) in [5, 5.41) is 68.6. The highest BCUT2D eigenvalue weighted by atomic mass is 127. The number of phenols is 6. The minimum Gasteiger partial charge on any atom is -0.507 e. The van der Waals surface area contributed by atoms with Gasteiger partial charge in [-0.1, -0.05) is 261 Å². The van der Waals surface area contributed by atoms with E-state index in [2.05, 4.69) is 250 Å². The van der Waals surface area contributed by atoms with Crippen LogP contribution in [0.5, 0.6) is 34.5 Å². The molecule has 0 heterocycles. The molecule has 108 heavy (non-hydrogen) atoms. The summed E-state index contributed by atoms with van der Waals surface area (Å²) in [7, 11) is 0. The van der Waals surface area contributed by atoms with Crippen LogP contribution in [0.2, 0.25) is 10.0 Å². The Balaban J connectivity index is 0.000000226. The summed E-state index contributed by atoms with van der Waals surface area (Å²) in [6.45, 7) is 39.7. The fraction of sp³-hybridized carbons (Fsp3) is 0.600. The maximum atomic E-state index is 10.8. The molecule has 18 heteroatoms. The minimum absolute atomic E-state index is 0.0275. The van der Waals surface area contributed by atoms with Gasteiger partial charge >= 0.3 is 0 Å². The molecule has 6 aromatic carbocycles. The zero-order valence-corrected chi connectivity index (χ0v) is 81.7. The van der Waals surface area contributed by atoms with Crippen molar-refractivity contribution in [2.24, 2.45) is 0 Å². The van der Waals surface area contributed by atoms with Gasteiger partial charge in [0.05, 0.1) is 26.1 Å². The summed E-state index contributed by atoms with van der Waals surface area (Å²) >= 11 is 36.5. The molecule has 3 aliphatic rings. The average Bonchev–Trinajstić information content (AvgIpc) is 0.841. The van der Waals surface area contributed by atoms with Crippen LogP contribution < -0.4 is 0 Å². The van der Waals surface area contributed by atoms with Gasteiger partial charge in [-0.25, -0.2) is 0 Å². The fourth-order valence-corrected chi connectivity index (χ4v) is 25.8. The highest BCUT2D eigenvalue weighted by molar-refractivity contribution is 14.1. The van der Waals surface area contributed by atoms with Crippen molar-refractivity contribution in [2.75, 3.05) is 0 Å². The highest BCUT2D eigenvalue weighted by Gasteiger charge is 2.32. The van der Waals surface area contributed by atoms with E-state index in [1.807, 2.05) is 94.8 Å². The second-order valence-electron chi connectivity index (χ2n) is 36.4. The Hall–Kier alpha value is -0.780. The van der Waals surface area contributed by atoms with Crippen LogP contribution in [0.3, 0.4) is 0 Å². The molecule has 0 bridgehead atoms. The number of thioether (sulfide) groups is 6. The van der Waals surface area contributed by atoms with Gasteiger partial charge in [0.1, 0.15) is 34.5 Å². The lowest BCUT2D eigenvalue weighted by atomic mass is 9.86. The van der Waals surface area contributed by atoms with E-state index in [1.165, 1.54) is 138 Å². The smallest absolute Gasteiger partial charge is 0.138 e. The molecule has 0 aliphatic heterocycles. The summed E-state index contributed by atoms with van der Waals surface area (Å²) in [6, 6.07) is 25.2. The zero-order valence-electron chi connectivity index (χ0n) is 67.8. The van der Waals surface area contributed by atoms with Crippen LogP contribution in [0.1, 0.15) is 307 Å². The molecule has 0 aromatic heterocycles. The Morgan fingerprint density at radius 3 is 0.657 bits per heavy atom. The number of hydrogen-bond donors (Lipinski definition) is 6. The third-order valence-corrected chi connectivity index (χ3v) is 34.0. The summed E-state index contributed by atoms with van der Waals surface area (Å²) in [6.07, 6.45) is 22.6. The summed E-state index contributed by atoms with van der Waals surface area (Å²) in [5.74, 6) is 6.87. The molecule has 6 aromatic rings. The van der Waals surface area contributed by atoms with E-state index in [9.17, 15) is 30.6 Å². The standard InChI is InChI=1S/C30H42Br2O2S2.C30H42Cl2O2S2.C30H42I2O2S2/c3*1-29(2,3)21-13-19(27(33)23(31)15-21)17-35-25-11-9-7-8-10-12-26(25)36-18-20-14-22(30(4,5)6)16-24(32)28(20)34/h3*13-16,25-26,33-34H,7-12,17-18H2,1-6H3/t3*25-,26?/m000/s1. The molecule has 3 saturated carbocycles. The van der Waals surface area contributed by atoms with Gasteiger partial charge in [-0.2, -0.15) is 70.6 Å². The van der Waals surface area contributed by atoms with Crippen LogP contribution in [0.25, 0.3) is 0 Å². The summed E-state index contributed by atoms with van der Waals surface area (Å²) < 4.78 is 3.47. The largest absolute Gasteiger partial charge is 0.507 e. The normalized spacial score (nSPS) is 19.7. The van der Waals surface area contributed by atoms with Crippen LogP contribution in [0, 0.1) is 7.14 Å². The third kappa shape index (κ3) is 28.5. The molecule has 6 nitrogen and oxygen atoms in total. The van der Waals surface area contributed by atoms with Gasteiger partial charge in [0.25, 0.3) is 0 Å². The van der Waals surface area contributed by atoms with Crippen molar-refractivity contribution in [3.8, 4) is 34.5 Å². The van der Waals surface area contributed by atoms with Crippen molar-refractivity contribution in [2.45, 2.75) is 339 Å². The molecular weight excluding hydrogens is 1850 g/mol. The maximum Gasteiger partial charge on any atom is 0.138 e. The topological polar surface area (TPSA) is 121 Å². The molecule has 0 saturated heterocycles. The van der Waals surface area contributed by atoms with Gasteiger partial charge in [-0.3, -0.25) is 0 Å². The zero-order chi connectivity index (χ0) is 80.0. The number of aromatic hydroxyl groups is 6. The van der Waals surface area contributed by atoms with Crippen molar-refractivity contribution in [3.63, 3.8) is 0 Å². The van der Waals surface area contributed by atoms with Crippen molar-refractivity contribution >= 4 is 171 Å². The van der Waals surface area contributed by atoms with Crippen molar-refractivity contribution in [3.05, 3.63) is 166 Å². The molecular formula is C90H126Br2Cl2I2O6S6. The first-order valence-corrected chi connectivity index (χ1v) is 49.9. The monoisotopic (exact) mass is 1980 g/mol. The molecule has 9 rings (SSSR count). The maximum absolute atomic E-state index is 10.8. The molecule has 3 unspecified atom stereocenters. The molecule has 6 atom stereocenters. The van der Waals surface area contributed by atoms with Gasteiger partial charge < -0.3 is 30.6 Å². The fourth-order valence-electron chi connectivity index (χ4n) is 13.8. The number of halogens is 6. The van der Waals surface area contributed by atoms with E-state index in [1.54, 1.807) is 0 Å². The average molecular weight is 1980 g/mol. The van der Waals surface area contributed by atoms with Gasteiger partial charge in [0.15, 0.2) is 0 Å². The Labute approximate surface area is 732 Å².